The van der Waals surface area contributed by atoms with Gasteiger partial charge in [-0.25, -0.2) is 18.6 Å². The number of hydrogen-bond acceptors (Lipinski definition) is 7. The number of carboxylic acids is 1. The number of anilines is 1. The van der Waals surface area contributed by atoms with Gasteiger partial charge in [0.05, 0.1) is 31.3 Å². The van der Waals surface area contributed by atoms with E-state index in [2.05, 4.69) is 10.3 Å². The number of methoxy groups -OCH3 is 1. The second-order valence-electron chi connectivity index (χ2n) is 11.1. The minimum atomic E-state index is -1.25. The number of aliphatic carboxylic acids is 1. The molecule has 4 rings (SSSR count). The summed E-state index contributed by atoms with van der Waals surface area (Å²) in [5.74, 6) is -3.17. The van der Waals surface area contributed by atoms with E-state index in [1.807, 2.05) is 13.8 Å². The van der Waals surface area contributed by atoms with Gasteiger partial charge in [0.25, 0.3) is 5.91 Å². The number of rotatable bonds is 13. The number of nitrogens with one attached hydrogen (secondary N) is 1. The molecule has 12 heteroatoms. The van der Waals surface area contributed by atoms with Crippen LogP contribution < -0.4 is 5.32 Å². The van der Waals surface area contributed by atoms with E-state index in [9.17, 15) is 33.4 Å². The number of aliphatic hydroxyl groups excluding tert-OH is 2. The van der Waals surface area contributed by atoms with E-state index < -0.39 is 48.1 Å². The molecular weight excluding hydrogens is 600 g/mol. The Morgan fingerprint density at radius 3 is 1.98 bits per heavy atom. The number of halogens is 2. The number of hydrogen-bond donors (Lipinski definition) is 4. The molecule has 0 radical (unpaired) electrons. The molecule has 0 fully saturated rings. The number of nitrogens with zero attached hydrogens (tertiary/aromatic N) is 2. The van der Waals surface area contributed by atoms with E-state index in [0.717, 1.165) is 0 Å². The Bertz CT molecular complexity index is 1690. The van der Waals surface area contributed by atoms with Crippen LogP contribution in [0.3, 0.4) is 0 Å². The van der Waals surface area contributed by atoms with E-state index in [-0.39, 0.29) is 42.4 Å². The highest BCUT2D eigenvalue weighted by Gasteiger charge is 2.31. The molecule has 2 heterocycles. The molecule has 10 nitrogen and oxygen atoms in total. The van der Waals surface area contributed by atoms with Gasteiger partial charge in [0.1, 0.15) is 23.1 Å². The zero-order valence-electron chi connectivity index (χ0n) is 25.5. The Morgan fingerprint density at radius 2 is 1.48 bits per heavy atom. The molecule has 4 N–H and O–H groups in total. The normalized spacial score (nSPS) is 12.5. The molecule has 0 unspecified atom stereocenters. The first kappa shape index (κ1) is 33.9. The summed E-state index contributed by atoms with van der Waals surface area (Å²) in [5.41, 5.74) is 3.02. The van der Waals surface area contributed by atoms with Crippen molar-refractivity contribution in [1.82, 2.24) is 9.55 Å². The van der Waals surface area contributed by atoms with Gasteiger partial charge in [-0.05, 0) is 80.6 Å². The summed E-state index contributed by atoms with van der Waals surface area (Å²) in [4.78, 5) is 41.2. The van der Waals surface area contributed by atoms with Crippen molar-refractivity contribution >= 4 is 23.7 Å². The smallest absolute Gasteiger partial charge is 0.339 e. The van der Waals surface area contributed by atoms with Crippen molar-refractivity contribution in [2.75, 3.05) is 12.4 Å². The molecule has 2 aromatic heterocycles. The van der Waals surface area contributed by atoms with Gasteiger partial charge in [0.2, 0.25) is 0 Å². The number of aliphatic hydroxyl groups is 2. The number of pyridine rings is 1. The van der Waals surface area contributed by atoms with Crippen LogP contribution in [0.5, 0.6) is 0 Å². The van der Waals surface area contributed by atoms with Gasteiger partial charge in [-0.3, -0.25) is 9.59 Å². The van der Waals surface area contributed by atoms with Crippen LogP contribution in [-0.2, 0) is 16.0 Å². The van der Waals surface area contributed by atoms with E-state index in [1.165, 1.54) is 61.8 Å². The maximum absolute atomic E-state index is 14.2. The number of aromatic nitrogens is 2. The molecule has 0 bridgehead atoms. The topological polar surface area (TPSA) is 151 Å². The van der Waals surface area contributed by atoms with Crippen molar-refractivity contribution < 1.29 is 43.2 Å². The number of carbonyl (C=O) groups is 3. The van der Waals surface area contributed by atoms with Gasteiger partial charge >= 0.3 is 11.9 Å². The van der Waals surface area contributed by atoms with Crippen LogP contribution in [0, 0.1) is 11.6 Å². The molecule has 0 spiro atoms. The molecule has 4 aromatic rings. The Labute approximate surface area is 264 Å². The van der Waals surface area contributed by atoms with Gasteiger partial charge in [-0.2, -0.15) is 0 Å². The molecule has 46 heavy (non-hydrogen) atoms. The van der Waals surface area contributed by atoms with Crippen molar-refractivity contribution in [2.45, 2.75) is 57.8 Å². The predicted octanol–water partition coefficient (Wildman–Crippen LogP) is 5.63. The van der Waals surface area contributed by atoms with Crippen LogP contribution >= 0.6 is 0 Å². The minimum absolute atomic E-state index is 0.0993. The standard InChI is InChI=1S/C34H35F2N3O7/c1-19(2)39-27(14-13-25(40)16-26(41)17-29(42)43)30(20-4-9-23(35)10-5-20)31(21-6-11-24(36)12-7-21)32(39)33(44)38-28-15-8-22(18-37-28)34(45)46-3/h4-12,15,18-19,25-26,40-41H,13-14,16-17H2,1-3H3,(H,42,43)(H,37,38,44)/t25-,26-/m1/s1. The van der Waals surface area contributed by atoms with Crippen LogP contribution in [0.15, 0.2) is 66.9 Å². The molecule has 242 valence electrons. The summed E-state index contributed by atoms with van der Waals surface area (Å²) < 4.78 is 34.7. The summed E-state index contributed by atoms with van der Waals surface area (Å²) in [6.07, 6.45) is -1.48. The first-order valence-corrected chi connectivity index (χ1v) is 14.6. The van der Waals surface area contributed by atoms with Crippen LogP contribution in [0.25, 0.3) is 22.3 Å². The third-order valence-electron chi connectivity index (χ3n) is 7.40. The molecule has 0 saturated carbocycles. The van der Waals surface area contributed by atoms with Gasteiger partial charge in [0.15, 0.2) is 0 Å². The SMILES string of the molecule is COC(=O)c1ccc(NC(=O)c2c(-c3ccc(F)cc3)c(-c3ccc(F)cc3)c(CC[C@@H](O)C[C@@H](O)CC(=O)O)n2C(C)C)nc1. The molecule has 0 aliphatic rings. The van der Waals surface area contributed by atoms with Gasteiger partial charge in [-0.1, -0.05) is 24.3 Å². The highest BCUT2D eigenvalue weighted by molar-refractivity contribution is 6.11. The summed E-state index contributed by atoms with van der Waals surface area (Å²) in [6.45, 7) is 3.72. The lowest BCUT2D eigenvalue weighted by Crippen LogP contribution is -2.23. The highest BCUT2D eigenvalue weighted by atomic mass is 19.1. The van der Waals surface area contributed by atoms with Crippen LogP contribution in [-0.4, -0.2) is 62.0 Å². The Kier molecular flexibility index (Phi) is 11.0. The Hall–Kier alpha value is -4.94. The fourth-order valence-electron chi connectivity index (χ4n) is 5.40. The largest absolute Gasteiger partial charge is 0.481 e. The maximum Gasteiger partial charge on any atom is 0.339 e. The molecular formula is C34H35F2N3O7. The Morgan fingerprint density at radius 1 is 0.891 bits per heavy atom. The fourth-order valence-corrected chi connectivity index (χ4v) is 5.40. The Balaban J connectivity index is 1.89. The summed E-state index contributed by atoms with van der Waals surface area (Å²) in [7, 11) is 1.24. The lowest BCUT2D eigenvalue weighted by Gasteiger charge is -2.20. The average Bonchev–Trinajstić information content (AvgIpc) is 3.36. The van der Waals surface area contributed by atoms with Gasteiger partial charge in [0, 0.05) is 29.1 Å². The van der Waals surface area contributed by atoms with Crippen LogP contribution in [0.4, 0.5) is 14.6 Å². The number of ether oxygens (including phenoxy) is 1. The molecule has 0 saturated heterocycles. The maximum atomic E-state index is 14.2. The van der Waals surface area contributed by atoms with E-state index in [1.54, 1.807) is 16.7 Å². The van der Waals surface area contributed by atoms with E-state index in [0.29, 0.717) is 27.9 Å². The molecule has 1 amide bonds. The van der Waals surface area contributed by atoms with E-state index >= 15 is 0 Å². The molecule has 0 aliphatic heterocycles. The lowest BCUT2D eigenvalue weighted by atomic mass is 9.92. The third-order valence-corrected chi connectivity index (χ3v) is 7.40. The molecule has 2 atom stereocenters. The number of esters is 1. The summed E-state index contributed by atoms with van der Waals surface area (Å²) in [6, 6.07) is 13.9. The third kappa shape index (κ3) is 8.01. The zero-order valence-corrected chi connectivity index (χ0v) is 25.5. The summed E-state index contributed by atoms with van der Waals surface area (Å²) >= 11 is 0. The first-order valence-electron chi connectivity index (χ1n) is 14.6. The average molecular weight is 636 g/mol. The van der Waals surface area contributed by atoms with Crippen molar-refractivity contribution in [3.8, 4) is 22.3 Å². The second-order valence-corrected chi connectivity index (χ2v) is 11.1. The minimum Gasteiger partial charge on any atom is -0.481 e. The van der Waals surface area contributed by atoms with Crippen molar-refractivity contribution in [1.29, 1.82) is 0 Å². The summed E-state index contributed by atoms with van der Waals surface area (Å²) in [5, 5.41) is 32.6. The highest BCUT2D eigenvalue weighted by Crippen LogP contribution is 2.43. The predicted molar refractivity (Wildman–Crippen MR) is 166 cm³/mol. The first-order chi connectivity index (χ1) is 21.9. The number of amides is 1. The monoisotopic (exact) mass is 635 g/mol. The van der Waals surface area contributed by atoms with Gasteiger partial charge < -0.3 is 29.9 Å². The van der Waals surface area contributed by atoms with Crippen molar-refractivity contribution in [3.05, 3.63) is 95.4 Å². The second kappa shape index (κ2) is 14.9. The van der Waals surface area contributed by atoms with Crippen LogP contribution in [0.1, 0.15) is 65.7 Å². The fraction of sp³-hybridized carbons (Fsp3) is 0.294. The van der Waals surface area contributed by atoms with E-state index in [4.69, 9.17) is 9.84 Å². The molecule has 2 aromatic carbocycles. The lowest BCUT2D eigenvalue weighted by molar-refractivity contribution is -0.139. The van der Waals surface area contributed by atoms with Crippen molar-refractivity contribution in [2.24, 2.45) is 0 Å². The number of carbonyl (C=O) groups excluding carboxylic acids is 2. The van der Waals surface area contributed by atoms with Crippen molar-refractivity contribution in [3.63, 3.8) is 0 Å². The number of carboxylic acid groups (broad SMARTS) is 1. The van der Waals surface area contributed by atoms with Crippen LogP contribution in [0.2, 0.25) is 0 Å². The quantitative estimate of drug-likeness (QED) is 0.138. The zero-order chi connectivity index (χ0) is 33.5. The molecule has 0 aliphatic carbocycles. The van der Waals surface area contributed by atoms with Gasteiger partial charge in [-0.15, -0.1) is 0 Å². The number of benzene rings is 2.